The smallest absolute Gasteiger partial charge is 0.265 e. The van der Waals surface area contributed by atoms with Gasteiger partial charge in [-0.05, 0) is 30.7 Å². The second kappa shape index (κ2) is 6.05. The minimum atomic E-state index is -0.401. The van der Waals surface area contributed by atoms with E-state index in [4.69, 9.17) is 9.47 Å². The Morgan fingerprint density at radius 2 is 2.14 bits per heavy atom. The van der Waals surface area contributed by atoms with E-state index < -0.39 is 5.82 Å². The second-order valence-electron chi connectivity index (χ2n) is 5.06. The molecule has 1 heterocycles. The zero-order chi connectivity index (χ0) is 15.5. The lowest BCUT2D eigenvalue weighted by molar-refractivity contribution is -0.120. The third kappa shape index (κ3) is 2.88. The van der Waals surface area contributed by atoms with E-state index in [1.54, 1.807) is 0 Å². The first-order valence-electron chi connectivity index (χ1n) is 7.06. The molecule has 1 amide bonds. The zero-order valence-electron chi connectivity index (χ0n) is 12.2. The van der Waals surface area contributed by atoms with Gasteiger partial charge in [-0.25, -0.2) is 4.39 Å². The molecule has 0 fully saturated rings. The number of carbonyl (C=O) groups excluding carboxylic acids is 1. The van der Waals surface area contributed by atoms with Gasteiger partial charge < -0.3 is 14.4 Å². The van der Waals surface area contributed by atoms with E-state index in [2.05, 4.69) is 0 Å². The summed E-state index contributed by atoms with van der Waals surface area (Å²) in [5.41, 5.74) is 1.41. The van der Waals surface area contributed by atoms with Gasteiger partial charge in [0.15, 0.2) is 6.61 Å². The molecular weight excluding hydrogens is 285 g/mol. The number of ether oxygens (including phenoxy) is 2. The van der Waals surface area contributed by atoms with Gasteiger partial charge in [0.1, 0.15) is 23.9 Å². The van der Waals surface area contributed by atoms with Crippen LogP contribution in [0.25, 0.3) is 0 Å². The number of benzene rings is 2. The average molecular weight is 301 g/mol. The Morgan fingerprint density at radius 1 is 1.32 bits per heavy atom. The van der Waals surface area contributed by atoms with Crippen LogP contribution in [0.1, 0.15) is 5.56 Å². The molecule has 0 atom stereocenters. The van der Waals surface area contributed by atoms with Crippen LogP contribution in [0.4, 0.5) is 10.1 Å². The highest BCUT2D eigenvalue weighted by Gasteiger charge is 2.24. The molecule has 0 spiro atoms. The number of para-hydroxylation sites is 1. The van der Waals surface area contributed by atoms with Crippen LogP contribution in [-0.4, -0.2) is 25.7 Å². The molecule has 3 rings (SSSR count). The second-order valence-corrected chi connectivity index (χ2v) is 5.06. The fraction of sp³-hybridized carbons (Fsp3) is 0.235. The van der Waals surface area contributed by atoms with Crippen molar-refractivity contribution in [1.29, 1.82) is 0 Å². The number of amides is 1. The first-order valence-corrected chi connectivity index (χ1v) is 7.06. The van der Waals surface area contributed by atoms with Gasteiger partial charge in [0.05, 0.1) is 12.2 Å². The molecule has 22 heavy (non-hydrogen) atoms. The quantitative estimate of drug-likeness (QED) is 0.875. The van der Waals surface area contributed by atoms with Crippen LogP contribution in [0.2, 0.25) is 0 Å². The molecule has 0 aromatic heterocycles. The monoisotopic (exact) mass is 301 g/mol. The van der Waals surface area contributed by atoms with Crippen LogP contribution < -0.4 is 14.4 Å². The van der Waals surface area contributed by atoms with E-state index in [0.29, 0.717) is 30.3 Å². The van der Waals surface area contributed by atoms with Gasteiger partial charge >= 0.3 is 0 Å². The van der Waals surface area contributed by atoms with Crippen molar-refractivity contribution in [2.24, 2.45) is 0 Å². The molecule has 0 unspecified atom stereocenters. The fourth-order valence-electron chi connectivity index (χ4n) is 2.39. The lowest BCUT2D eigenvalue weighted by atomic mass is 10.2. The highest BCUT2D eigenvalue weighted by Crippen LogP contribution is 2.32. The van der Waals surface area contributed by atoms with E-state index in [1.807, 2.05) is 31.2 Å². The number of anilines is 1. The molecule has 2 aromatic rings. The van der Waals surface area contributed by atoms with E-state index >= 15 is 0 Å². The summed E-state index contributed by atoms with van der Waals surface area (Å²) in [4.78, 5) is 13.9. The largest absolute Gasteiger partial charge is 0.490 e. The summed E-state index contributed by atoms with van der Waals surface area (Å²) >= 11 is 0. The number of rotatable bonds is 3. The SMILES string of the molecule is Cc1ccccc1OCC(=O)N1CCOc2ccc(F)cc21. The highest BCUT2D eigenvalue weighted by molar-refractivity contribution is 5.96. The summed E-state index contributed by atoms with van der Waals surface area (Å²) in [5.74, 6) is 0.556. The first kappa shape index (κ1) is 14.4. The predicted molar refractivity (Wildman–Crippen MR) is 80.9 cm³/mol. The van der Waals surface area contributed by atoms with E-state index in [-0.39, 0.29) is 12.5 Å². The molecule has 0 N–H and O–H groups in total. The van der Waals surface area contributed by atoms with E-state index in [1.165, 1.54) is 23.1 Å². The van der Waals surface area contributed by atoms with Crippen molar-refractivity contribution >= 4 is 11.6 Å². The number of hydrogen-bond acceptors (Lipinski definition) is 3. The molecule has 0 radical (unpaired) electrons. The molecule has 0 bridgehead atoms. The Bertz CT molecular complexity index is 702. The van der Waals surface area contributed by atoms with Gasteiger partial charge in [-0.2, -0.15) is 0 Å². The number of hydrogen-bond donors (Lipinski definition) is 0. The standard InChI is InChI=1S/C17H16FNO3/c1-12-4-2-3-5-15(12)22-11-17(20)19-8-9-21-16-7-6-13(18)10-14(16)19/h2-7,10H,8-9,11H2,1H3. The maximum absolute atomic E-state index is 13.4. The maximum atomic E-state index is 13.4. The summed E-state index contributed by atoms with van der Waals surface area (Å²) in [6.07, 6.45) is 0. The van der Waals surface area contributed by atoms with Crippen LogP contribution in [0.15, 0.2) is 42.5 Å². The van der Waals surface area contributed by atoms with Crippen LogP contribution in [-0.2, 0) is 4.79 Å². The van der Waals surface area contributed by atoms with Crippen LogP contribution in [0.5, 0.6) is 11.5 Å². The fourth-order valence-corrected chi connectivity index (χ4v) is 2.39. The number of nitrogens with zero attached hydrogens (tertiary/aromatic N) is 1. The van der Waals surface area contributed by atoms with Gasteiger partial charge in [0.25, 0.3) is 5.91 Å². The number of halogens is 1. The van der Waals surface area contributed by atoms with Gasteiger partial charge in [-0.1, -0.05) is 18.2 Å². The van der Waals surface area contributed by atoms with Crippen LogP contribution >= 0.6 is 0 Å². The first-order chi connectivity index (χ1) is 10.6. The van der Waals surface area contributed by atoms with E-state index in [9.17, 15) is 9.18 Å². The average Bonchev–Trinajstić information content (AvgIpc) is 2.53. The number of aryl methyl sites for hydroxylation is 1. The third-order valence-corrected chi connectivity index (χ3v) is 3.53. The van der Waals surface area contributed by atoms with Crippen molar-refractivity contribution in [3.8, 4) is 11.5 Å². The van der Waals surface area contributed by atoms with Gasteiger partial charge in [0.2, 0.25) is 0 Å². The summed E-state index contributed by atoms with van der Waals surface area (Å²) < 4.78 is 24.4. The summed E-state index contributed by atoms with van der Waals surface area (Å²) in [6, 6.07) is 11.6. The normalized spacial score (nSPS) is 13.3. The molecular formula is C17H16FNO3. The van der Waals surface area contributed by atoms with Gasteiger partial charge in [-0.3, -0.25) is 4.79 Å². The Labute approximate surface area is 128 Å². The number of fused-ring (bicyclic) bond motifs is 1. The van der Waals surface area contributed by atoms with Crippen molar-refractivity contribution in [1.82, 2.24) is 0 Å². The van der Waals surface area contributed by atoms with Crippen LogP contribution in [0, 0.1) is 12.7 Å². The molecule has 1 aliphatic rings. The van der Waals surface area contributed by atoms with Crippen molar-refractivity contribution in [2.45, 2.75) is 6.92 Å². The Balaban J connectivity index is 1.74. The van der Waals surface area contributed by atoms with E-state index in [0.717, 1.165) is 5.56 Å². The molecule has 0 saturated carbocycles. The molecule has 5 heteroatoms. The third-order valence-electron chi connectivity index (χ3n) is 3.53. The topological polar surface area (TPSA) is 38.8 Å². The molecule has 1 aliphatic heterocycles. The molecule has 0 saturated heterocycles. The lowest BCUT2D eigenvalue weighted by Gasteiger charge is -2.29. The molecule has 2 aromatic carbocycles. The summed E-state index contributed by atoms with van der Waals surface area (Å²) in [6.45, 7) is 2.58. The predicted octanol–water partition coefficient (Wildman–Crippen LogP) is 2.94. The molecule has 114 valence electrons. The van der Waals surface area contributed by atoms with Crippen molar-refractivity contribution in [3.05, 3.63) is 53.8 Å². The van der Waals surface area contributed by atoms with Crippen molar-refractivity contribution < 1.29 is 18.7 Å². The minimum Gasteiger partial charge on any atom is -0.490 e. The summed E-state index contributed by atoms with van der Waals surface area (Å²) in [5, 5.41) is 0. The molecule has 4 nitrogen and oxygen atoms in total. The lowest BCUT2D eigenvalue weighted by Crippen LogP contribution is -2.40. The Morgan fingerprint density at radius 3 is 2.95 bits per heavy atom. The Hall–Kier alpha value is -2.56. The Kier molecular flexibility index (Phi) is 3.96. The van der Waals surface area contributed by atoms with Gasteiger partial charge in [-0.15, -0.1) is 0 Å². The van der Waals surface area contributed by atoms with Gasteiger partial charge in [0, 0.05) is 6.07 Å². The highest BCUT2D eigenvalue weighted by atomic mass is 19.1. The minimum absolute atomic E-state index is 0.0964. The number of carbonyl (C=O) groups is 1. The van der Waals surface area contributed by atoms with Crippen LogP contribution in [0.3, 0.4) is 0 Å². The van der Waals surface area contributed by atoms with Crippen molar-refractivity contribution in [3.63, 3.8) is 0 Å². The zero-order valence-corrected chi connectivity index (χ0v) is 12.2. The molecule has 0 aliphatic carbocycles. The summed E-state index contributed by atoms with van der Waals surface area (Å²) in [7, 11) is 0. The maximum Gasteiger partial charge on any atom is 0.265 e. The van der Waals surface area contributed by atoms with Crippen molar-refractivity contribution in [2.75, 3.05) is 24.7 Å².